The molecule has 6 heteroatoms. The Morgan fingerprint density at radius 1 is 1.00 bits per heavy atom. The summed E-state index contributed by atoms with van der Waals surface area (Å²) < 4.78 is 2.01. The molecule has 1 fully saturated rings. The Hall–Kier alpha value is -3.05. The maximum atomic E-state index is 13.9. The van der Waals surface area contributed by atoms with Crippen LogP contribution < -0.4 is 5.32 Å². The van der Waals surface area contributed by atoms with E-state index in [4.69, 9.17) is 11.6 Å². The van der Waals surface area contributed by atoms with Crippen LogP contribution >= 0.6 is 11.6 Å². The smallest absolute Gasteiger partial charge is 0.271 e. The highest BCUT2D eigenvalue weighted by molar-refractivity contribution is 6.30. The van der Waals surface area contributed by atoms with E-state index in [0.29, 0.717) is 29.7 Å². The monoisotopic (exact) mass is 489 g/mol. The molecule has 1 N–H and O–H groups in total. The standard InChI is InChI=1S/C29H32ClN3O2/c1-20-11-13-24(14-12-20)31-28(35)29(2)19-32-25(22-8-4-3-5-9-22)15-16-26(32)27(34)33(29)18-21-7-6-10-23(30)17-21/h3-10,15-17,20,24H,11-14,18-19H2,1-2H3,(H,31,35)/t20?,24?,29-/m0/s1. The number of benzene rings is 2. The molecule has 1 atom stereocenters. The first-order valence-corrected chi connectivity index (χ1v) is 12.9. The summed E-state index contributed by atoms with van der Waals surface area (Å²) in [5, 5.41) is 3.92. The zero-order valence-corrected chi connectivity index (χ0v) is 21.1. The number of aromatic nitrogens is 1. The lowest BCUT2D eigenvalue weighted by Crippen LogP contribution is -2.64. The van der Waals surface area contributed by atoms with Gasteiger partial charge in [0, 0.05) is 23.3 Å². The Kier molecular flexibility index (Phi) is 6.45. The number of amides is 2. The molecule has 0 radical (unpaired) electrons. The summed E-state index contributed by atoms with van der Waals surface area (Å²) in [7, 11) is 0. The number of carbonyl (C=O) groups is 2. The zero-order valence-electron chi connectivity index (χ0n) is 20.3. The number of nitrogens with one attached hydrogen (secondary N) is 1. The number of rotatable bonds is 5. The fourth-order valence-corrected chi connectivity index (χ4v) is 5.66. The van der Waals surface area contributed by atoms with Gasteiger partial charge in [-0.3, -0.25) is 9.59 Å². The van der Waals surface area contributed by atoms with Crippen LogP contribution in [0.4, 0.5) is 0 Å². The third-order valence-corrected chi connectivity index (χ3v) is 7.88. The predicted octanol–water partition coefficient (Wildman–Crippen LogP) is 5.92. The van der Waals surface area contributed by atoms with Gasteiger partial charge in [-0.15, -0.1) is 0 Å². The largest absolute Gasteiger partial charge is 0.351 e. The number of hydrogen-bond acceptors (Lipinski definition) is 2. The second-order valence-corrected chi connectivity index (χ2v) is 10.7. The van der Waals surface area contributed by atoms with E-state index in [1.807, 2.05) is 78.2 Å². The highest BCUT2D eigenvalue weighted by Crippen LogP contribution is 2.35. The molecular formula is C29H32ClN3O2. The molecule has 1 aliphatic carbocycles. The molecular weight excluding hydrogens is 458 g/mol. The molecule has 2 aliphatic rings. The van der Waals surface area contributed by atoms with Crippen LogP contribution in [0.25, 0.3) is 11.3 Å². The van der Waals surface area contributed by atoms with Crippen molar-refractivity contribution in [3.8, 4) is 11.3 Å². The Morgan fingerprint density at radius 3 is 2.43 bits per heavy atom. The third kappa shape index (κ3) is 4.62. The maximum Gasteiger partial charge on any atom is 0.271 e. The summed E-state index contributed by atoms with van der Waals surface area (Å²) in [4.78, 5) is 29.5. The van der Waals surface area contributed by atoms with Gasteiger partial charge in [0.15, 0.2) is 0 Å². The average molecular weight is 490 g/mol. The van der Waals surface area contributed by atoms with Gasteiger partial charge in [-0.05, 0) is 73.9 Å². The van der Waals surface area contributed by atoms with Crippen molar-refractivity contribution in [2.24, 2.45) is 5.92 Å². The minimum absolute atomic E-state index is 0.0919. The normalized spacial score (nSPS) is 24.2. The number of hydrogen-bond donors (Lipinski definition) is 1. The fraction of sp³-hybridized carbons (Fsp3) is 0.379. The van der Waals surface area contributed by atoms with Crippen LogP contribution in [0.5, 0.6) is 0 Å². The fourth-order valence-electron chi connectivity index (χ4n) is 5.45. The molecule has 1 aliphatic heterocycles. The Morgan fingerprint density at radius 2 is 1.71 bits per heavy atom. The average Bonchev–Trinajstić information content (AvgIpc) is 3.27. The molecule has 1 saturated carbocycles. The van der Waals surface area contributed by atoms with E-state index < -0.39 is 5.54 Å². The SMILES string of the molecule is CC1CCC(NC(=O)[C@]2(C)Cn3c(ccc3-c3ccccc3)C(=O)N2Cc2cccc(Cl)c2)CC1. The Bertz CT molecular complexity index is 1230. The molecule has 2 aromatic carbocycles. The van der Waals surface area contributed by atoms with Gasteiger partial charge in [0.1, 0.15) is 11.2 Å². The van der Waals surface area contributed by atoms with Gasteiger partial charge in [0.2, 0.25) is 5.91 Å². The van der Waals surface area contributed by atoms with Crippen molar-refractivity contribution in [3.63, 3.8) is 0 Å². The van der Waals surface area contributed by atoms with Crippen LogP contribution in [0.3, 0.4) is 0 Å². The molecule has 3 aromatic rings. The predicted molar refractivity (Wildman–Crippen MR) is 139 cm³/mol. The lowest BCUT2D eigenvalue weighted by Gasteiger charge is -2.45. The molecule has 5 nitrogen and oxygen atoms in total. The number of halogens is 1. The van der Waals surface area contributed by atoms with E-state index >= 15 is 0 Å². The second kappa shape index (κ2) is 9.54. The van der Waals surface area contributed by atoms with Crippen LogP contribution in [-0.4, -0.2) is 32.9 Å². The van der Waals surface area contributed by atoms with Crippen LogP contribution in [0.2, 0.25) is 5.02 Å². The first kappa shape index (κ1) is 23.7. The molecule has 2 heterocycles. The molecule has 1 aromatic heterocycles. The zero-order chi connectivity index (χ0) is 24.6. The van der Waals surface area contributed by atoms with Gasteiger partial charge in [-0.1, -0.05) is 61.0 Å². The topological polar surface area (TPSA) is 54.3 Å². The van der Waals surface area contributed by atoms with Gasteiger partial charge in [-0.25, -0.2) is 0 Å². The first-order valence-electron chi connectivity index (χ1n) is 12.5. The molecule has 0 unspecified atom stereocenters. The van der Waals surface area contributed by atoms with Crippen molar-refractivity contribution in [1.82, 2.24) is 14.8 Å². The number of fused-ring (bicyclic) bond motifs is 1. The molecule has 2 amide bonds. The summed E-state index contributed by atoms with van der Waals surface area (Å²) in [5.74, 6) is 0.462. The molecule has 35 heavy (non-hydrogen) atoms. The van der Waals surface area contributed by atoms with E-state index in [1.165, 1.54) is 0 Å². The highest BCUT2D eigenvalue weighted by atomic mass is 35.5. The van der Waals surface area contributed by atoms with E-state index in [1.54, 1.807) is 4.90 Å². The van der Waals surface area contributed by atoms with Gasteiger partial charge >= 0.3 is 0 Å². The van der Waals surface area contributed by atoms with Gasteiger partial charge in [-0.2, -0.15) is 0 Å². The van der Waals surface area contributed by atoms with E-state index in [9.17, 15) is 9.59 Å². The number of carbonyl (C=O) groups excluding carboxylic acids is 2. The lowest BCUT2D eigenvalue weighted by atomic mass is 9.86. The van der Waals surface area contributed by atoms with Gasteiger partial charge in [0.05, 0.1) is 6.54 Å². The maximum absolute atomic E-state index is 13.9. The lowest BCUT2D eigenvalue weighted by molar-refractivity contribution is -0.134. The third-order valence-electron chi connectivity index (χ3n) is 7.65. The molecule has 182 valence electrons. The van der Waals surface area contributed by atoms with Crippen molar-refractivity contribution < 1.29 is 9.59 Å². The van der Waals surface area contributed by atoms with Crippen LogP contribution in [0.1, 0.15) is 55.6 Å². The van der Waals surface area contributed by atoms with Crippen LogP contribution in [0, 0.1) is 5.92 Å². The van der Waals surface area contributed by atoms with Crippen LogP contribution in [0.15, 0.2) is 66.7 Å². The minimum Gasteiger partial charge on any atom is -0.351 e. The Balaban J connectivity index is 1.52. The summed E-state index contributed by atoms with van der Waals surface area (Å²) >= 11 is 6.24. The van der Waals surface area contributed by atoms with Gasteiger partial charge in [0.25, 0.3) is 5.91 Å². The highest BCUT2D eigenvalue weighted by Gasteiger charge is 2.48. The summed E-state index contributed by atoms with van der Waals surface area (Å²) in [6.07, 6.45) is 4.20. The summed E-state index contributed by atoms with van der Waals surface area (Å²) in [6.45, 7) is 4.87. The summed E-state index contributed by atoms with van der Waals surface area (Å²) in [6, 6.07) is 21.5. The first-order chi connectivity index (χ1) is 16.8. The van der Waals surface area contributed by atoms with Crippen molar-refractivity contribution in [3.05, 3.63) is 83.0 Å². The molecule has 0 saturated heterocycles. The summed E-state index contributed by atoms with van der Waals surface area (Å²) in [5.41, 5.74) is 2.43. The van der Waals surface area contributed by atoms with Crippen molar-refractivity contribution in [1.29, 1.82) is 0 Å². The minimum atomic E-state index is -1.04. The second-order valence-electron chi connectivity index (χ2n) is 10.3. The molecule has 5 rings (SSSR count). The Labute approximate surface area is 212 Å². The molecule has 0 spiro atoms. The number of nitrogens with zero attached hydrogens (tertiary/aromatic N) is 2. The van der Waals surface area contributed by atoms with E-state index in [-0.39, 0.29) is 17.9 Å². The van der Waals surface area contributed by atoms with E-state index in [0.717, 1.165) is 42.5 Å². The van der Waals surface area contributed by atoms with Gasteiger partial charge < -0.3 is 14.8 Å². The van der Waals surface area contributed by atoms with Crippen molar-refractivity contribution in [2.45, 2.75) is 64.2 Å². The molecule has 0 bridgehead atoms. The van der Waals surface area contributed by atoms with Crippen molar-refractivity contribution in [2.75, 3.05) is 0 Å². The quantitative estimate of drug-likeness (QED) is 0.483. The van der Waals surface area contributed by atoms with Crippen molar-refractivity contribution >= 4 is 23.4 Å². The van der Waals surface area contributed by atoms with E-state index in [2.05, 4.69) is 12.2 Å². The van der Waals surface area contributed by atoms with Crippen LogP contribution in [-0.2, 0) is 17.9 Å².